The van der Waals surface area contributed by atoms with E-state index >= 15 is 0 Å². The lowest BCUT2D eigenvalue weighted by atomic mass is 9.69. The molecule has 1 N–H and O–H groups in total. The molecule has 0 saturated heterocycles. The van der Waals surface area contributed by atoms with Gasteiger partial charge >= 0.3 is 0 Å². The fourth-order valence-electron chi connectivity index (χ4n) is 1.62. The molecule has 4 heteroatoms. The predicted molar refractivity (Wildman–Crippen MR) is 56.0 cm³/mol. The lowest BCUT2D eigenvalue weighted by Gasteiger charge is -2.34. The van der Waals surface area contributed by atoms with Crippen molar-refractivity contribution in [3.63, 3.8) is 0 Å². The molecule has 1 rings (SSSR count). The van der Waals surface area contributed by atoms with Gasteiger partial charge in [-0.05, 0) is 33.1 Å². The fourth-order valence-corrected chi connectivity index (χ4v) is 1.62. The molecule has 1 saturated carbocycles. The Bertz CT molecular complexity index is 266. The van der Waals surface area contributed by atoms with E-state index in [4.69, 9.17) is 10.00 Å². The van der Waals surface area contributed by atoms with Gasteiger partial charge in [0, 0.05) is 12.6 Å². The Labute approximate surface area is 90.6 Å². The van der Waals surface area contributed by atoms with Gasteiger partial charge in [0.15, 0.2) is 0 Å². The first-order valence-corrected chi connectivity index (χ1v) is 5.44. The number of nitriles is 1. The van der Waals surface area contributed by atoms with Crippen molar-refractivity contribution < 1.29 is 9.53 Å². The van der Waals surface area contributed by atoms with Gasteiger partial charge < -0.3 is 10.1 Å². The highest BCUT2D eigenvalue weighted by Crippen LogP contribution is 2.40. The van der Waals surface area contributed by atoms with Crippen molar-refractivity contribution in [3.05, 3.63) is 0 Å². The largest absolute Gasteiger partial charge is 0.380 e. The second-order valence-electron chi connectivity index (χ2n) is 4.08. The maximum Gasteiger partial charge on any atom is 0.240 e. The smallest absolute Gasteiger partial charge is 0.240 e. The van der Waals surface area contributed by atoms with Crippen molar-refractivity contribution in [2.45, 2.75) is 39.2 Å². The number of hydrogen-bond acceptors (Lipinski definition) is 3. The van der Waals surface area contributed by atoms with Crippen LogP contribution < -0.4 is 5.32 Å². The van der Waals surface area contributed by atoms with E-state index in [2.05, 4.69) is 11.4 Å². The number of amides is 1. The normalized spacial score (nSPS) is 19.8. The third-order valence-electron chi connectivity index (χ3n) is 2.81. The molecule has 1 aliphatic carbocycles. The monoisotopic (exact) mass is 210 g/mol. The van der Waals surface area contributed by atoms with Crippen molar-refractivity contribution in [2.75, 3.05) is 13.2 Å². The van der Waals surface area contributed by atoms with Crippen molar-refractivity contribution >= 4 is 5.91 Å². The highest BCUT2D eigenvalue weighted by atomic mass is 16.5. The zero-order valence-electron chi connectivity index (χ0n) is 9.38. The Morgan fingerprint density at radius 2 is 2.33 bits per heavy atom. The molecule has 0 spiro atoms. The summed E-state index contributed by atoms with van der Waals surface area (Å²) in [6.45, 7) is 4.95. The molecule has 0 aromatic carbocycles. The summed E-state index contributed by atoms with van der Waals surface area (Å²) in [5.41, 5.74) is -0.750. The minimum Gasteiger partial charge on any atom is -0.380 e. The molecule has 1 amide bonds. The van der Waals surface area contributed by atoms with Gasteiger partial charge in [0.25, 0.3) is 0 Å². The van der Waals surface area contributed by atoms with E-state index in [1.54, 1.807) is 0 Å². The molecule has 0 aliphatic heterocycles. The Balaban J connectivity index is 2.38. The van der Waals surface area contributed by atoms with Crippen LogP contribution in [0.25, 0.3) is 0 Å². The van der Waals surface area contributed by atoms with Crippen molar-refractivity contribution in [1.29, 1.82) is 5.26 Å². The minimum absolute atomic E-state index is 0.0247. The average molecular weight is 210 g/mol. The molecule has 0 heterocycles. The Hall–Kier alpha value is -1.08. The van der Waals surface area contributed by atoms with Crippen molar-refractivity contribution in [1.82, 2.24) is 5.32 Å². The van der Waals surface area contributed by atoms with Crippen molar-refractivity contribution in [3.8, 4) is 6.07 Å². The topological polar surface area (TPSA) is 62.1 Å². The van der Waals surface area contributed by atoms with Crippen LogP contribution in [0.4, 0.5) is 0 Å². The van der Waals surface area contributed by atoms with Crippen LogP contribution in [0.2, 0.25) is 0 Å². The van der Waals surface area contributed by atoms with Crippen LogP contribution in [-0.4, -0.2) is 25.2 Å². The summed E-state index contributed by atoms with van der Waals surface area (Å²) in [5, 5.41) is 11.8. The number of nitrogens with zero attached hydrogens (tertiary/aromatic N) is 1. The van der Waals surface area contributed by atoms with Crippen LogP contribution in [-0.2, 0) is 9.53 Å². The third kappa shape index (κ3) is 2.69. The lowest BCUT2D eigenvalue weighted by molar-refractivity contribution is -0.132. The van der Waals surface area contributed by atoms with E-state index < -0.39 is 5.41 Å². The summed E-state index contributed by atoms with van der Waals surface area (Å²) < 4.78 is 5.20. The number of hydrogen-bond donors (Lipinski definition) is 1. The van der Waals surface area contributed by atoms with Gasteiger partial charge in [-0.1, -0.05) is 0 Å². The van der Waals surface area contributed by atoms with E-state index in [1.807, 2.05) is 13.8 Å². The average Bonchev–Trinajstić information content (AvgIpc) is 2.13. The van der Waals surface area contributed by atoms with E-state index in [0.717, 1.165) is 6.42 Å². The Morgan fingerprint density at radius 3 is 2.73 bits per heavy atom. The van der Waals surface area contributed by atoms with Crippen LogP contribution in [0, 0.1) is 16.7 Å². The standard InChI is InChI=1S/C11H18N2O2/c1-3-15-7-9(2)13-10(14)11(8-12)5-4-6-11/h9H,3-7H2,1-2H3,(H,13,14). The molecule has 1 aliphatic rings. The first kappa shape index (κ1) is 12.0. The summed E-state index contributed by atoms with van der Waals surface area (Å²) in [7, 11) is 0. The molecule has 1 fully saturated rings. The summed E-state index contributed by atoms with van der Waals surface area (Å²) in [6.07, 6.45) is 2.36. The zero-order chi connectivity index (χ0) is 11.3. The Morgan fingerprint density at radius 1 is 1.67 bits per heavy atom. The van der Waals surface area contributed by atoms with E-state index in [1.165, 1.54) is 0 Å². The molecule has 4 nitrogen and oxygen atoms in total. The van der Waals surface area contributed by atoms with Crippen molar-refractivity contribution in [2.24, 2.45) is 5.41 Å². The zero-order valence-corrected chi connectivity index (χ0v) is 9.38. The third-order valence-corrected chi connectivity index (χ3v) is 2.81. The number of nitrogens with one attached hydrogen (secondary N) is 1. The molecule has 0 radical (unpaired) electrons. The predicted octanol–water partition coefficient (Wildman–Crippen LogP) is 1.22. The first-order chi connectivity index (χ1) is 7.14. The van der Waals surface area contributed by atoms with Gasteiger partial charge in [-0.2, -0.15) is 5.26 Å². The molecule has 0 bridgehead atoms. The minimum atomic E-state index is -0.750. The van der Waals surface area contributed by atoms with E-state index in [9.17, 15) is 4.79 Å². The molecule has 1 unspecified atom stereocenters. The van der Waals surface area contributed by atoms with Crippen LogP contribution in [0.1, 0.15) is 33.1 Å². The maximum absolute atomic E-state index is 11.8. The van der Waals surface area contributed by atoms with Gasteiger partial charge in [0.1, 0.15) is 5.41 Å². The number of rotatable bonds is 5. The van der Waals surface area contributed by atoms with E-state index in [0.29, 0.717) is 26.1 Å². The quantitative estimate of drug-likeness (QED) is 0.742. The highest BCUT2D eigenvalue weighted by Gasteiger charge is 2.44. The van der Waals surface area contributed by atoms with Crippen LogP contribution >= 0.6 is 0 Å². The molecule has 1 atom stereocenters. The first-order valence-electron chi connectivity index (χ1n) is 5.44. The van der Waals surface area contributed by atoms with E-state index in [-0.39, 0.29) is 11.9 Å². The van der Waals surface area contributed by atoms with Gasteiger partial charge in [-0.3, -0.25) is 4.79 Å². The molecule has 0 aromatic rings. The summed E-state index contributed by atoms with van der Waals surface area (Å²) in [5.74, 6) is -0.136. The molecule has 0 aromatic heterocycles. The molecular formula is C11H18N2O2. The lowest BCUT2D eigenvalue weighted by Crippen LogP contribution is -2.48. The summed E-state index contributed by atoms with van der Waals surface area (Å²) >= 11 is 0. The fraction of sp³-hybridized carbons (Fsp3) is 0.818. The Kier molecular flexibility index (Phi) is 4.10. The maximum atomic E-state index is 11.8. The molecule has 15 heavy (non-hydrogen) atoms. The number of ether oxygens (including phenoxy) is 1. The summed E-state index contributed by atoms with van der Waals surface area (Å²) in [4.78, 5) is 11.8. The van der Waals surface area contributed by atoms with Gasteiger partial charge in [0.05, 0.1) is 12.7 Å². The van der Waals surface area contributed by atoms with Crippen LogP contribution in [0.3, 0.4) is 0 Å². The van der Waals surface area contributed by atoms with Crippen LogP contribution in [0.15, 0.2) is 0 Å². The SMILES string of the molecule is CCOCC(C)NC(=O)C1(C#N)CCC1. The summed E-state index contributed by atoms with van der Waals surface area (Å²) in [6, 6.07) is 2.10. The number of carbonyl (C=O) groups excluding carboxylic acids is 1. The molecular weight excluding hydrogens is 192 g/mol. The highest BCUT2D eigenvalue weighted by molar-refractivity contribution is 5.86. The second kappa shape index (κ2) is 5.13. The van der Waals surface area contributed by atoms with Gasteiger partial charge in [-0.15, -0.1) is 0 Å². The van der Waals surface area contributed by atoms with Gasteiger partial charge in [0.2, 0.25) is 5.91 Å². The second-order valence-corrected chi connectivity index (χ2v) is 4.08. The number of carbonyl (C=O) groups is 1. The van der Waals surface area contributed by atoms with Gasteiger partial charge in [-0.25, -0.2) is 0 Å². The molecule has 84 valence electrons. The van der Waals surface area contributed by atoms with Crippen LogP contribution in [0.5, 0.6) is 0 Å².